The fourth-order valence-corrected chi connectivity index (χ4v) is 2.64. The van der Waals surface area contributed by atoms with E-state index in [4.69, 9.17) is 0 Å². The number of carbonyl (C=O) groups is 1. The number of phenolic OH excluding ortho intramolecular Hbond substituents is 1. The second-order valence-electron chi connectivity index (χ2n) is 4.94. The van der Waals surface area contributed by atoms with Crippen molar-refractivity contribution in [2.24, 2.45) is 0 Å². The molecule has 0 spiro atoms. The minimum Gasteiger partial charge on any atom is -0.507 e. The third-order valence-electron chi connectivity index (χ3n) is 3.49. The molecule has 2 rings (SSSR count). The summed E-state index contributed by atoms with van der Waals surface area (Å²) < 4.78 is 0.765. The Kier molecular flexibility index (Phi) is 4.82. The van der Waals surface area contributed by atoms with Crippen LogP contribution in [0.25, 0.3) is 0 Å². The standard InChI is InChI=1S/C14H19BrN2O2/c1-16(8-9-17-6-2-3-7-17)14(19)12-5-4-11(15)10-13(12)18/h4-5,10,18H,2-3,6-9H2,1H3. The molecule has 1 saturated heterocycles. The molecule has 0 saturated carbocycles. The van der Waals surface area contributed by atoms with Gasteiger partial charge < -0.3 is 14.9 Å². The lowest BCUT2D eigenvalue weighted by Crippen LogP contribution is -2.35. The van der Waals surface area contributed by atoms with Gasteiger partial charge >= 0.3 is 0 Å². The van der Waals surface area contributed by atoms with E-state index >= 15 is 0 Å². The first kappa shape index (κ1) is 14.3. The van der Waals surface area contributed by atoms with E-state index in [0.717, 1.165) is 24.1 Å². The molecule has 0 aromatic heterocycles. The molecule has 0 atom stereocenters. The highest BCUT2D eigenvalue weighted by Crippen LogP contribution is 2.23. The number of rotatable bonds is 4. The molecule has 19 heavy (non-hydrogen) atoms. The number of aromatic hydroxyl groups is 1. The molecule has 1 aliphatic heterocycles. The van der Waals surface area contributed by atoms with Crippen molar-refractivity contribution < 1.29 is 9.90 Å². The lowest BCUT2D eigenvalue weighted by atomic mass is 10.2. The Morgan fingerprint density at radius 3 is 2.74 bits per heavy atom. The van der Waals surface area contributed by atoms with Crippen molar-refractivity contribution in [3.05, 3.63) is 28.2 Å². The molecule has 1 amide bonds. The molecule has 1 aromatic rings. The van der Waals surface area contributed by atoms with Crippen molar-refractivity contribution in [1.29, 1.82) is 0 Å². The van der Waals surface area contributed by atoms with Crippen LogP contribution in [0.15, 0.2) is 22.7 Å². The number of amides is 1. The molecule has 1 aliphatic rings. The second-order valence-corrected chi connectivity index (χ2v) is 5.85. The summed E-state index contributed by atoms with van der Waals surface area (Å²) in [5.74, 6) is -0.114. The monoisotopic (exact) mass is 326 g/mol. The van der Waals surface area contributed by atoms with Gasteiger partial charge in [-0.05, 0) is 44.1 Å². The number of phenols is 1. The van der Waals surface area contributed by atoms with Crippen LogP contribution in [0.1, 0.15) is 23.2 Å². The predicted molar refractivity (Wildman–Crippen MR) is 78.4 cm³/mol. The molecule has 1 fully saturated rings. The average Bonchev–Trinajstić information content (AvgIpc) is 2.88. The zero-order valence-electron chi connectivity index (χ0n) is 11.1. The molecular formula is C14H19BrN2O2. The number of nitrogens with zero attached hydrogens (tertiary/aromatic N) is 2. The van der Waals surface area contributed by atoms with Gasteiger partial charge in [0, 0.05) is 24.6 Å². The van der Waals surface area contributed by atoms with Crippen LogP contribution in [0.5, 0.6) is 5.75 Å². The van der Waals surface area contributed by atoms with Crippen molar-refractivity contribution in [2.75, 3.05) is 33.2 Å². The first-order valence-corrected chi connectivity index (χ1v) is 7.33. The maximum absolute atomic E-state index is 12.2. The molecule has 4 nitrogen and oxygen atoms in total. The number of carbonyl (C=O) groups excluding carboxylic acids is 1. The van der Waals surface area contributed by atoms with E-state index in [2.05, 4.69) is 20.8 Å². The van der Waals surface area contributed by atoms with Crippen molar-refractivity contribution in [2.45, 2.75) is 12.8 Å². The molecule has 5 heteroatoms. The van der Waals surface area contributed by atoms with Crippen molar-refractivity contribution in [1.82, 2.24) is 9.80 Å². The van der Waals surface area contributed by atoms with Gasteiger partial charge in [-0.2, -0.15) is 0 Å². The Bertz CT molecular complexity index is 459. The van der Waals surface area contributed by atoms with Crippen LogP contribution in [0.2, 0.25) is 0 Å². The van der Waals surface area contributed by atoms with E-state index < -0.39 is 0 Å². The highest BCUT2D eigenvalue weighted by molar-refractivity contribution is 9.10. The van der Waals surface area contributed by atoms with Crippen LogP contribution in [-0.4, -0.2) is 54.0 Å². The van der Waals surface area contributed by atoms with E-state index in [0.29, 0.717) is 12.1 Å². The summed E-state index contributed by atoms with van der Waals surface area (Å²) in [6.07, 6.45) is 2.51. The smallest absolute Gasteiger partial charge is 0.257 e. The summed E-state index contributed by atoms with van der Waals surface area (Å²) in [5.41, 5.74) is 0.354. The predicted octanol–water partition coefficient (Wildman–Crippen LogP) is 2.32. The minimum absolute atomic E-state index is 0.0207. The van der Waals surface area contributed by atoms with Crippen molar-refractivity contribution in [3.8, 4) is 5.75 Å². The molecule has 0 radical (unpaired) electrons. The highest BCUT2D eigenvalue weighted by Gasteiger charge is 2.17. The molecular weight excluding hydrogens is 308 g/mol. The molecule has 1 aromatic carbocycles. The maximum atomic E-state index is 12.2. The van der Waals surface area contributed by atoms with Crippen molar-refractivity contribution >= 4 is 21.8 Å². The van der Waals surface area contributed by atoms with E-state index in [1.165, 1.54) is 12.8 Å². The van der Waals surface area contributed by atoms with Crippen LogP contribution in [0, 0.1) is 0 Å². The SMILES string of the molecule is CN(CCN1CCCC1)C(=O)c1ccc(Br)cc1O. The first-order chi connectivity index (χ1) is 9.08. The highest BCUT2D eigenvalue weighted by atomic mass is 79.9. The zero-order valence-corrected chi connectivity index (χ0v) is 12.7. The largest absolute Gasteiger partial charge is 0.507 e. The summed E-state index contributed by atoms with van der Waals surface area (Å²) in [5, 5.41) is 9.80. The Labute approximate surface area is 122 Å². The fourth-order valence-electron chi connectivity index (χ4n) is 2.29. The van der Waals surface area contributed by atoms with Gasteiger partial charge in [0.1, 0.15) is 5.75 Å². The van der Waals surface area contributed by atoms with Crippen LogP contribution < -0.4 is 0 Å². The summed E-state index contributed by atoms with van der Waals surface area (Å²) in [6, 6.07) is 4.96. The van der Waals surface area contributed by atoms with Gasteiger partial charge in [-0.15, -0.1) is 0 Å². The van der Waals surface area contributed by atoms with Gasteiger partial charge in [0.05, 0.1) is 5.56 Å². The van der Waals surface area contributed by atoms with Gasteiger partial charge in [0.25, 0.3) is 5.91 Å². The Balaban J connectivity index is 1.94. The second kappa shape index (κ2) is 6.39. The number of hydrogen-bond acceptors (Lipinski definition) is 3. The molecule has 0 unspecified atom stereocenters. The summed E-state index contributed by atoms with van der Waals surface area (Å²) in [6.45, 7) is 3.85. The van der Waals surface area contributed by atoms with Crippen molar-refractivity contribution in [3.63, 3.8) is 0 Å². The Morgan fingerprint density at radius 1 is 1.42 bits per heavy atom. The van der Waals surface area contributed by atoms with Gasteiger partial charge in [-0.1, -0.05) is 15.9 Å². The summed E-state index contributed by atoms with van der Waals surface area (Å²) in [7, 11) is 1.78. The van der Waals surface area contributed by atoms with E-state index in [1.807, 2.05) is 0 Å². The van der Waals surface area contributed by atoms with E-state index in [-0.39, 0.29) is 11.7 Å². The third kappa shape index (κ3) is 3.70. The van der Waals surface area contributed by atoms with Crippen LogP contribution >= 0.6 is 15.9 Å². The number of benzene rings is 1. The quantitative estimate of drug-likeness (QED) is 0.923. The number of halogens is 1. The summed E-state index contributed by atoms with van der Waals surface area (Å²) in [4.78, 5) is 16.2. The zero-order chi connectivity index (χ0) is 13.8. The maximum Gasteiger partial charge on any atom is 0.257 e. The number of likely N-dealkylation sites (tertiary alicyclic amines) is 1. The van der Waals surface area contributed by atoms with Gasteiger partial charge in [-0.3, -0.25) is 4.79 Å². The van der Waals surface area contributed by atoms with E-state index in [1.54, 1.807) is 30.1 Å². The first-order valence-electron chi connectivity index (χ1n) is 6.54. The van der Waals surface area contributed by atoms with Gasteiger partial charge in [0.15, 0.2) is 0 Å². The van der Waals surface area contributed by atoms with E-state index in [9.17, 15) is 9.90 Å². The van der Waals surface area contributed by atoms with Crippen LogP contribution in [0.3, 0.4) is 0 Å². The average molecular weight is 327 g/mol. The molecule has 1 heterocycles. The lowest BCUT2D eigenvalue weighted by Gasteiger charge is -2.21. The molecule has 0 bridgehead atoms. The van der Waals surface area contributed by atoms with Crippen LogP contribution in [-0.2, 0) is 0 Å². The topological polar surface area (TPSA) is 43.8 Å². The third-order valence-corrected chi connectivity index (χ3v) is 3.98. The number of hydrogen-bond donors (Lipinski definition) is 1. The molecule has 0 aliphatic carbocycles. The Hall–Kier alpha value is -1.07. The molecule has 1 N–H and O–H groups in total. The number of likely N-dealkylation sites (N-methyl/N-ethyl adjacent to an activating group) is 1. The normalized spacial score (nSPS) is 15.7. The summed E-state index contributed by atoms with van der Waals surface area (Å²) >= 11 is 3.27. The lowest BCUT2D eigenvalue weighted by molar-refractivity contribution is 0.0779. The molecule has 104 valence electrons. The Morgan fingerprint density at radius 2 is 2.11 bits per heavy atom. The van der Waals surface area contributed by atoms with Crippen LogP contribution in [0.4, 0.5) is 0 Å². The van der Waals surface area contributed by atoms with Gasteiger partial charge in [-0.25, -0.2) is 0 Å². The van der Waals surface area contributed by atoms with Gasteiger partial charge in [0.2, 0.25) is 0 Å². The fraction of sp³-hybridized carbons (Fsp3) is 0.500. The minimum atomic E-state index is -0.135.